The molecule has 1 unspecified atom stereocenters. The Hall–Kier alpha value is -2.65. The summed E-state index contributed by atoms with van der Waals surface area (Å²) < 4.78 is 50.8. The lowest BCUT2D eigenvalue weighted by Crippen LogP contribution is -2.49. The fraction of sp³-hybridized carbons (Fsp3) is 0.471. The third-order valence-corrected chi connectivity index (χ3v) is 4.28. The first kappa shape index (κ1) is 20.7. The molecular weight excluding hydrogens is 370 g/mol. The van der Waals surface area contributed by atoms with Gasteiger partial charge < -0.3 is 15.5 Å². The van der Waals surface area contributed by atoms with Crippen molar-refractivity contribution in [3.8, 4) is 0 Å². The van der Waals surface area contributed by atoms with Crippen LogP contribution < -0.4 is 10.6 Å². The first-order chi connectivity index (χ1) is 12.6. The normalized spacial score (nSPS) is 16.6. The van der Waals surface area contributed by atoms with Crippen LogP contribution in [-0.2, 0) is 14.4 Å². The average molecular weight is 389 g/mol. The summed E-state index contributed by atoms with van der Waals surface area (Å²) in [6, 6.07) is 4.58. The van der Waals surface area contributed by atoms with E-state index in [1.807, 2.05) is 0 Å². The molecule has 3 amide bonds. The summed E-state index contributed by atoms with van der Waals surface area (Å²) in [7, 11) is 0. The van der Waals surface area contributed by atoms with E-state index in [0.717, 1.165) is 0 Å². The molecule has 2 rings (SSSR count). The van der Waals surface area contributed by atoms with Crippen LogP contribution in [0.3, 0.4) is 0 Å². The molecule has 1 aliphatic heterocycles. The van der Waals surface area contributed by atoms with Gasteiger partial charge in [-0.25, -0.2) is 4.39 Å². The monoisotopic (exact) mass is 389 g/mol. The van der Waals surface area contributed by atoms with Crippen LogP contribution in [0, 0.1) is 11.7 Å². The van der Waals surface area contributed by atoms with Gasteiger partial charge in [-0.1, -0.05) is 12.1 Å². The zero-order valence-corrected chi connectivity index (χ0v) is 14.5. The standard InChI is InChI=1S/C17H19F4N3O3/c1-10(14(25)23-13-5-3-2-4-12(13)18)22-15(26)11-6-8-24(9-7-11)16(27)17(19,20)21/h2-5,10-11H,6-9H2,1H3,(H,22,26)(H,23,25). The largest absolute Gasteiger partial charge is 0.471 e. The summed E-state index contributed by atoms with van der Waals surface area (Å²) in [6.45, 7) is 1.04. The van der Waals surface area contributed by atoms with Crippen LogP contribution in [0.25, 0.3) is 0 Å². The van der Waals surface area contributed by atoms with Crippen molar-refractivity contribution in [2.24, 2.45) is 5.92 Å². The minimum atomic E-state index is -4.94. The van der Waals surface area contributed by atoms with E-state index in [0.29, 0.717) is 4.90 Å². The van der Waals surface area contributed by atoms with E-state index in [2.05, 4.69) is 10.6 Å². The van der Waals surface area contributed by atoms with E-state index < -0.39 is 41.7 Å². The minimum absolute atomic E-state index is 0.0254. The lowest BCUT2D eigenvalue weighted by atomic mass is 9.95. The molecular formula is C17H19F4N3O3. The topological polar surface area (TPSA) is 78.5 Å². The maximum atomic E-state index is 13.5. The van der Waals surface area contributed by atoms with Crippen LogP contribution in [-0.4, -0.2) is 47.9 Å². The van der Waals surface area contributed by atoms with Crippen molar-refractivity contribution in [2.75, 3.05) is 18.4 Å². The molecule has 0 saturated carbocycles. The number of rotatable bonds is 4. The summed E-state index contributed by atoms with van der Waals surface area (Å²) in [5.41, 5.74) is -0.0254. The molecule has 0 spiro atoms. The first-order valence-electron chi connectivity index (χ1n) is 8.31. The molecule has 27 heavy (non-hydrogen) atoms. The van der Waals surface area contributed by atoms with Crippen molar-refractivity contribution in [2.45, 2.75) is 32.0 Å². The van der Waals surface area contributed by atoms with Crippen molar-refractivity contribution < 1.29 is 31.9 Å². The number of anilines is 1. The molecule has 148 valence electrons. The zero-order valence-electron chi connectivity index (χ0n) is 14.5. The Labute approximate surface area is 152 Å². The molecule has 1 aromatic rings. The van der Waals surface area contributed by atoms with E-state index >= 15 is 0 Å². The van der Waals surface area contributed by atoms with E-state index in [-0.39, 0.29) is 31.6 Å². The number of amides is 3. The van der Waals surface area contributed by atoms with Crippen LogP contribution in [0.4, 0.5) is 23.2 Å². The number of hydrogen-bond donors (Lipinski definition) is 2. The van der Waals surface area contributed by atoms with Gasteiger partial charge in [-0.05, 0) is 31.9 Å². The SMILES string of the molecule is CC(NC(=O)C1CCN(C(=O)C(F)(F)F)CC1)C(=O)Nc1ccccc1F. The van der Waals surface area contributed by atoms with Gasteiger partial charge in [-0.2, -0.15) is 13.2 Å². The number of alkyl halides is 3. The van der Waals surface area contributed by atoms with Crippen LogP contribution >= 0.6 is 0 Å². The average Bonchev–Trinajstić information content (AvgIpc) is 2.62. The molecule has 0 radical (unpaired) electrons. The van der Waals surface area contributed by atoms with Gasteiger partial charge in [0, 0.05) is 19.0 Å². The molecule has 0 aliphatic carbocycles. The number of nitrogens with zero attached hydrogens (tertiary/aromatic N) is 1. The van der Waals surface area contributed by atoms with Gasteiger partial charge in [0.25, 0.3) is 0 Å². The smallest absolute Gasteiger partial charge is 0.344 e. The molecule has 0 aromatic heterocycles. The van der Waals surface area contributed by atoms with Crippen LogP contribution in [0.1, 0.15) is 19.8 Å². The number of likely N-dealkylation sites (tertiary alicyclic amines) is 1. The lowest BCUT2D eigenvalue weighted by Gasteiger charge is -2.32. The molecule has 10 heteroatoms. The van der Waals surface area contributed by atoms with Crippen molar-refractivity contribution in [1.82, 2.24) is 10.2 Å². The summed E-state index contributed by atoms with van der Waals surface area (Å²) in [6.07, 6.45) is -4.81. The molecule has 1 heterocycles. The predicted molar refractivity (Wildman–Crippen MR) is 88.0 cm³/mol. The summed E-state index contributed by atoms with van der Waals surface area (Å²) in [4.78, 5) is 36.1. The fourth-order valence-corrected chi connectivity index (χ4v) is 2.72. The highest BCUT2D eigenvalue weighted by Gasteiger charge is 2.43. The number of carbonyl (C=O) groups is 3. The highest BCUT2D eigenvalue weighted by Crippen LogP contribution is 2.24. The van der Waals surface area contributed by atoms with Crippen LogP contribution in [0.2, 0.25) is 0 Å². The highest BCUT2D eigenvalue weighted by atomic mass is 19.4. The van der Waals surface area contributed by atoms with E-state index in [1.54, 1.807) is 0 Å². The number of halogens is 4. The maximum absolute atomic E-state index is 13.5. The predicted octanol–water partition coefficient (Wildman–Crippen LogP) is 2.07. The second-order valence-electron chi connectivity index (χ2n) is 6.26. The van der Waals surface area contributed by atoms with Crippen molar-refractivity contribution in [3.63, 3.8) is 0 Å². The van der Waals surface area contributed by atoms with Crippen LogP contribution in [0.15, 0.2) is 24.3 Å². The third-order valence-electron chi connectivity index (χ3n) is 4.28. The van der Waals surface area contributed by atoms with Gasteiger partial charge in [-0.3, -0.25) is 14.4 Å². The quantitative estimate of drug-likeness (QED) is 0.774. The van der Waals surface area contributed by atoms with Gasteiger partial charge in [0.2, 0.25) is 11.8 Å². The van der Waals surface area contributed by atoms with Gasteiger partial charge in [0.05, 0.1) is 5.69 Å². The molecule has 1 aromatic carbocycles. The number of para-hydroxylation sites is 1. The number of piperidine rings is 1. The second kappa shape index (κ2) is 8.36. The van der Waals surface area contributed by atoms with Gasteiger partial charge in [-0.15, -0.1) is 0 Å². The Morgan fingerprint density at radius 2 is 1.74 bits per heavy atom. The Morgan fingerprint density at radius 1 is 1.15 bits per heavy atom. The molecule has 2 N–H and O–H groups in total. The second-order valence-corrected chi connectivity index (χ2v) is 6.26. The van der Waals surface area contributed by atoms with E-state index in [4.69, 9.17) is 0 Å². The number of hydrogen-bond acceptors (Lipinski definition) is 3. The molecule has 0 bridgehead atoms. The van der Waals surface area contributed by atoms with Crippen molar-refractivity contribution >= 4 is 23.4 Å². The van der Waals surface area contributed by atoms with E-state index in [9.17, 15) is 31.9 Å². The van der Waals surface area contributed by atoms with Crippen molar-refractivity contribution in [3.05, 3.63) is 30.1 Å². The summed E-state index contributed by atoms with van der Waals surface area (Å²) in [5.74, 6) is -4.26. The maximum Gasteiger partial charge on any atom is 0.471 e. The van der Waals surface area contributed by atoms with Crippen LogP contribution in [0.5, 0.6) is 0 Å². The molecule has 6 nitrogen and oxygen atoms in total. The minimum Gasteiger partial charge on any atom is -0.344 e. The first-order valence-corrected chi connectivity index (χ1v) is 8.31. The van der Waals surface area contributed by atoms with Gasteiger partial charge in [0.15, 0.2) is 0 Å². The molecule has 1 atom stereocenters. The number of benzene rings is 1. The highest BCUT2D eigenvalue weighted by molar-refractivity contribution is 5.97. The Kier molecular flexibility index (Phi) is 6.40. The Balaban J connectivity index is 1.84. The van der Waals surface area contributed by atoms with Crippen molar-refractivity contribution in [1.29, 1.82) is 0 Å². The molecule has 1 aliphatic rings. The van der Waals surface area contributed by atoms with Gasteiger partial charge >= 0.3 is 12.1 Å². The third kappa shape index (κ3) is 5.41. The van der Waals surface area contributed by atoms with Gasteiger partial charge in [0.1, 0.15) is 11.9 Å². The lowest BCUT2D eigenvalue weighted by molar-refractivity contribution is -0.186. The Morgan fingerprint density at radius 3 is 2.30 bits per heavy atom. The molecule has 1 saturated heterocycles. The number of nitrogens with one attached hydrogen (secondary N) is 2. The number of carbonyl (C=O) groups excluding carboxylic acids is 3. The zero-order chi connectivity index (χ0) is 20.2. The fourth-order valence-electron chi connectivity index (χ4n) is 2.72. The molecule has 1 fully saturated rings. The Bertz CT molecular complexity index is 716. The summed E-state index contributed by atoms with van der Waals surface area (Å²) >= 11 is 0. The summed E-state index contributed by atoms with van der Waals surface area (Å²) in [5, 5.41) is 4.81. The van der Waals surface area contributed by atoms with E-state index in [1.165, 1.54) is 31.2 Å².